The third-order valence-electron chi connectivity index (χ3n) is 4.40. The maximum Gasteiger partial charge on any atom is 0.305 e. The van der Waals surface area contributed by atoms with Crippen molar-refractivity contribution in [1.29, 1.82) is 0 Å². The van der Waals surface area contributed by atoms with Crippen molar-refractivity contribution in [1.82, 2.24) is 15.0 Å². The van der Waals surface area contributed by atoms with Crippen molar-refractivity contribution in [2.75, 3.05) is 40.0 Å². The number of rotatable bonds is 14. The number of non-ortho nitro benzene ring substituents is 1. The van der Waals surface area contributed by atoms with E-state index in [9.17, 15) is 20.0 Å². The molecule has 0 saturated carbocycles. The summed E-state index contributed by atoms with van der Waals surface area (Å²) < 4.78 is 15.4. The second-order valence-corrected chi connectivity index (χ2v) is 6.95. The number of carbonyl (C=O) groups excluding carboxylic acids is 1. The van der Waals surface area contributed by atoms with Gasteiger partial charge in [0.25, 0.3) is 5.69 Å². The van der Waals surface area contributed by atoms with Gasteiger partial charge in [-0.05, 0) is 6.42 Å². The van der Waals surface area contributed by atoms with Crippen LogP contribution in [0, 0.1) is 10.1 Å². The molecule has 0 spiro atoms. The number of nitro benzene ring substituents is 1. The van der Waals surface area contributed by atoms with E-state index in [2.05, 4.69) is 10.1 Å². The van der Waals surface area contributed by atoms with E-state index in [1.54, 1.807) is 19.2 Å². The monoisotopic (exact) mass is 436 g/mol. The summed E-state index contributed by atoms with van der Waals surface area (Å²) in [6, 6.07) is 6.01. The van der Waals surface area contributed by atoms with E-state index < -0.39 is 11.0 Å². The number of aliphatic hydroxyl groups excluding tert-OH is 1. The minimum absolute atomic E-state index is 0.0526. The Labute approximate surface area is 180 Å². The minimum Gasteiger partial charge on any atom is -0.463 e. The number of ether oxygens (including phenoxy) is 2. The SMILES string of the molecule is CCCC(=O)OC[C@H](O)CN(CCOC)CCc1nc(-c2cccc([N+](=O)[O-])c2)no1. The van der Waals surface area contributed by atoms with E-state index in [0.29, 0.717) is 50.4 Å². The van der Waals surface area contributed by atoms with Gasteiger partial charge < -0.3 is 19.1 Å². The van der Waals surface area contributed by atoms with Crippen LogP contribution in [0.1, 0.15) is 25.7 Å². The summed E-state index contributed by atoms with van der Waals surface area (Å²) in [6.07, 6.45) is 0.594. The highest BCUT2D eigenvalue weighted by Gasteiger charge is 2.17. The Hall–Kier alpha value is -2.89. The van der Waals surface area contributed by atoms with Crippen molar-refractivity contribution >= 4 is 11.7 Å². The first-order valence-corrected chi connectivity index (χ1v) is 10.0. The molecule has 11 heteroatoms. The van der Waals surface area contributed by atoms with Gasteiger partial charge in [-0.3, -0.25) is 19.8 Å². The normalized spacial score (nSPS) is 12.1. The van der Waals surface area contributed by atoms with Crippen LogP contribution in [0.15, 0.2) is 28.8 Å². The van der Waals surface area contributed by atoms with E-state index in [0.717, 1.165) is 0 Å². The highest BCUT2D eigenvalue weighted by Crippen LogP contribution is 2.21. The zero-order valence-corrected chi connectivity index (χ0v) is 17.7. The minimum atomic E-state index is -0.833. The van der Waals surface area contributed by atoms with E-state index in [1.807, 2.05) is 11.8 Å². The first-order chi connectivity index (χ1) is 14.9. The lowest BCUT2D eigenvalue weighted by molar-refractivity contribution is -0.384. The fraction of sp³-hybridized carbons (Fsp3) is 0.550. The van der Waals surface area contributed by atoms with Crippen LogP contribution < -0.4 is 0 Å². The van der Waals surface area contributed by atoms with Gasteiger partial charge in [0.15, 0.2) is 0 Å². The Bertz CT molecular complexity index is 842. The number of benzene rings is 1. The number of hydrogen-bond acceptors (Lipinski definition) is 10. The molecule has 1 N–H and O–H groups in total. The fourth-order valence-electron chi connectivity index (χ4n) is 2.82. The van der Waals surface area contributed by atoms with Crippen molar-refractivity contribution in [3.63, 3.8) is 0 Å². The van der Waals surface area contributed by atoms with Gasteiger partial charge >= 0.3 is 5.97 Å². The predicted octanol–water partition coefficient (Wildman–Crippen LogP) is 1.84. The number of hydrogen-bond donors (Lipinski definition) is 1. The number of carbonyl (C=O) groups is 1. The molecule has 1 heterocycles. The molecule has 0 amide bonds. The van der Waals surface area contributed by atoms with E-state index in [1.165, 1.54) is 12.1 Å². The van der Waals surface area contributed by atoms with Crippen molar-refractivity contribution in [3.8, 4) is 11.4 Å². The molecule has 31 heavy (non-hydrogen) atoms. The third kappa shape index (κ3) is 8.40. The zero-order chi connectivity index (χ0) is 22.6. The molecule has 0 aliphatic carbocycles. The van der Waals surface area contributed by atoms with Crippen molar-refractivity contribution in [2.45, 2.75) is 32.3 Å². The highest BCUT2D eigenvalue weighted by atomic mass is 16.6. The maximum absolute atomic E-state index is 11.5. The van der Waals surface area contributed by atoms with Gasteiger partial charge in [0.05, 0.1) is 11.5 Å². The summed E-state index contributed by atoms with van der Waals surface area (Å²) in [7, 11) is 1.59. The molecule has 170 valence electrons. The molecule has 1 atom stereocenters. The van der Waals surface area contributed by atoms with Gasteiger partial charge in [0.1, 0.15) is 12.7 Å². The lowest BCUT2D eigenvalue weighted by Gasteiger charge is -2.24. The fourth-order valence-corrected chi connectivity index (χ4v) is 2.82. The summed E-state index contributed by atoms with van der Waals surface area (Å²) in [5.41, 5.74) is 0.438. The van der Waals surface area contributed by atoms with Crippen molar-refractivity contribution in [2.24, 2.45) is 0 Å². The molecule has 0 unspecified atom stereocenters. The van der Waals surface area contributed by atoms with Gasteiger partial charge in [-0.25, -0.2) is 0 Å². The Morgan fingerprint density at radius 3 is 2.90 bits per heavy atom. The molecule has 0 aliphatic rings. The number of methoxy groups -OCH3 is 1. The number of nitrogens with zero attached hydrogens (tertiary/aromatic N) is 4. The van der Waals surface area contributed by atoms with Crippen LogP contribution in [0.25, 0.3) is 11.4 Å². The summed E-state index contributed by atoms with van der Waals surface area (Å²) in [5, 5.41) is 25.0. The van der Waals surface area contributed by atoms with Crippen LogP contribution in [0.2, 0.25) is 0 Å². The Kier molecular flexibility index (Phi) is 10.0. The van der Waals surface area contributed by atoms with Gasteiger partial charge in [0, 0.05) is 57.3 Å². The average molecular weight is 436 g/mol. The van der Waals surface area contributed by atoms with Crippen LogP contribution in [0.5, 0.6) is 0 Å². The van der Waals surface area contributed by atoms with E-state index in [4.69, 9.17) is 14.0 Å². The number of aliphatic hydroxyl groups is 1. The van der Waals surface area contributed by atoms with Crippen LogP contribution in [0.3, 0.4) is 0 Å². The van der Waals surface area contributed by atoms with Crippen LogP contribution >= 0.6 is 0 Å². The van der Waals surface area contributed by atoms with Crippen LogP contribution in [0.4, 0.5) is 5.69 Å². The molecule has 0 aliphatic heterocycles. The Morgan fingerprint density at radius 2 is 2.19 bits per heavy atom. The summed E-state index contributed by atoms with van der Waals surface area (Å²) in [6.45, 7) is 3.62. The molecule has 1 aromatic carbocycles. The summed E-state index contributed by atoms with van der Waals surface area (Å²) >= 11 is 0. The van der Waals surface area contributed by atoms with Gasteiger partial charge in [-0.15, -0.1) is 0 Å². The molecular formula is C20H28N4O7. The standard InChI is InChI=1S/C20H28N4O7/c1-3-5-19(26)30-14-17(25)13-23(10-11-29-2)9-8-18-21-20(22-31-18)15-6-4-7-16(12-15)24(27)28/h4,6-7,12,17,25H,3,5,8-11,13-14H2,1-2H3/t17-/m1/s1. The van der Waals surface area contributed by atoms with Crippen LogP contribution in [-0.2, 0) is 20.7 Å². The molecular weight excluding hydrogens is 408 g/mol. The molecule has 2 rings (SSSR count). The van der Waals surface area contributed by atoms with Gasteiger partial charge in [-0.1, -0.05) is 24.2 Å². The average Bonchev–Trinajstić information content (AvgIpc) is 3.23. The smallest absolute Gasteiger partial charge is 0.305 e. The quantitative estimate of drug-likeness (QED) is 0.265. The molecule has 0 saturated heterocycles. The Balaban J connectivity index is 1.92. The van der Waals surface area contributed by atoms with Crippen molar-refractivity contribution in [3.05, 3.63) is 40.3 Å². The lowest BCUT2D eigenvalue weighted by atomic mass is 10.2. The number of esters is 1. The largest absolute Gasteiger partial charge is 0.463 e. The first-order valence-electron chi connectivity index (χ1n) is 10.0. The van der Waals surface area contributed by atoms with Crippen molar-refractivity contribution < 1.29 is 28.8 Å². The molecule has 0 fully saturated rings. The topological polar surface area (TPSA) is 141 Å². The van der Waals surface area contributed by atoms with E-state index in [-0.39, 0.29) is 30.6 Å². The second kappa shape index (κ2) is 12.7. The number of nitro groups is 1. The first kappa shape index (κ1) is 24.4. The molecule has 0 bridgehead atoms. The maximum atomic E-state index is 11.5. The Morgan fingerprint density at radius 1 is 1.39 bits per heavy atom. The highest BCUT2D eigenvalue weighted by molar-refractivity contribution is 5.69. The van der Waals surface area contributed by atoms with Gasteiger partial charge in [0.2, 0.25) is 11.7 Å². The zero-order valence-electron chi connectivity index (χ0n) is 17.7. The third-order valence-corrected chi connectivity index (χ3v) is 4.40. The second-order valence-electron chi connectivity index (χ2n) is 6.95. The molecule has 2 aromatic rings. The molecule has 0 radical (unpaired) electrons. The predicted molar refractivity (Wildman–Crippen MR) is 110 cm³/mol. The summed E-state index contributed by atoms with van der Waals surface area (Å²) in [5.74, 6) is 0.308. The summed E-state index contributed by atoms with van der Waals surface area (Å²) in [4.78, 5) is 28.2. The molecule has 1 aromatic heterocycles. The lowest BCUT2D eigenvalue weighted by Crippen LogP contribution is -2.38. The van der Waals surface area contributed by atoms with Gasteiger partial charge in [-0.2, -0.15) is 4.98 Å². The van der Waals surface area contributed by atoms with Crippen LogP contribution in [-0.4, -0.2) is 77.1 Å². The number of aromatic nitrogens is 2. The molecule has 11 nitrogen and oxygen atoms in total. The van der Waals surface area contributed by atoms with E-state index >= 15 is 0 Å².